The molecule has 0 amide bonds. The topological polar surface area (TPSA) is 82.5 Å². The summed E-state index contributed by atoms with van der Waals surface area (Å²) >= 11 is 2.83. The van der Waals surface area contributed by atoms with Crippen LogP contribution in [0.4, 0.5) is 10.8 Å². The van der Waals surface area contributed by atoms with E-state index in [2.05, 4.69) is 5.32 Å². The molecule has 0 bridgehead atoms. The van der Waals surface area contributed by atoms with Crippen molar-refractivity contribution in [3.05, 3.63) is 70.4 Å². The molecule has 1 aliphatic carbocycles. The Kier molecular flexibility index (Phi) is 4.77. The maximum atomic E-state index is 11.8. The number of phenolic OH excluding ortho intramolecular Hbond substituents is 1. The van der Waals surface area contributed by atoms with Crippen molar-refractivity contribution >= 4 is 39.5 Å². The molecule has 5 nitrogen and oxygen atoms in total. The molecule has 1 aliphatic rings. The van der Waals surface area contributed by atoms with Crippen LogP contribution in [0.1, 0.15) is 33.3 Å². The number of aromatic nitrogens is 1. The van der Waals surface area contributed by atoms with E-state index in [0.29, 0.717) is 16.7 Å². The Labute approximate surface area is 181 Å². The minimum absolute atomic E-state index is 0.220. The van der Waals surface area contributed by atoms with Gasteiger partial charge in [-0.25, -0.2) is 9.78 Å². The first kappa shape index (κ1) is 18.8. The van der Waals surface area contributed by atoms with E-state index in [4.69, 9.17) is 4.98 Å². The fourth-order valence-electron chi connectivity index (χ4n) is 3.34. The number of hydrogen-bond donors (Lipinski definition) is 3. The predicted octanol–water partition coefficient (Wildman–Crippen LogP) is 6.56. The van der Waals surface area contributed by atoms with Crippen molar-refractivity contribution in [3.63, 3.8) is 0 Å². The Morgan fingerprint density at radius 2 is 1.73 bits per heavy atom. The zero-order valence-corrected chi connectivity index (χ0v) is 17.5. The monoisotopic (exact) mass is 434 g/mol. The summed E-state index contributed by atoms with van der Waals surface area (Å²) in [5, 5.41) is 23.2. The number of anilines is 2. The van der Waals surface area contributed by atoms with Crippen LogP contribution in [0.5, 0.6) is 5.75 Å². The molecular formula is C23H18N2O3S2. The van der Waals surface area contributed by atoms with E-state index in [-0.39, 0.29) is 10.6 Å². The maximum absolute atomic E-state index is 11.8. The second kappa shape index (κ2) is 7.59. The summed E-state index contributed by atoms with van der Waals surface area (Å²) in [5.41, 5.74) is 3.40. The highest BCUT2D eigenvalue weighted by atomic mass is 32.1. The number of nitrogens with zero attached hydrogens (tertiary/aromatic N) is 1. The summed E-state index contributed by atoms with van der Waals surface area (Å²) in [6.07, 6.45) is 2.29. The predicted molar refractivity (Wildman–Crippen MR) is 121 cm³/mol. The Balaban J connectivity index is 1.51. The Hall–Kier alpha value is -3.16. The van der Waals surface area contributed by atoms with E-state index in [1.807, 2.05) is 48.5 Å². The molecule has 1 fully saturated rings. The Bertz CT molecular complexity index is 1210. The van der Waals surface area contributed by atoms with Crippen LogP contribution in [0.15, 0.2) is 60.7 Å². The summed E-state index contributed by atoms with van der Waals surface area (Å²) in [6.45, 7) is 0. The van der Waals surface area contributed by atoms with Crippen LogP contribution in [0.3, 0.4) is 0 Å². The lowest BCUT2D eigenvalue weighted by atomic mass is 10.1. The van der Waals surface area contributed by atoms with Gasteiger partial charge in [-0.1, -0.05) is 30.3 Å². The first-order valence-electron chi connectivity index (χ1n) is 9.58. The minimum Gasteiger partial charge on any atom is -0.508 e. The normalized spacial score (nSPS) is 13.3. The Morgan fingerprint density at radius 3 is 2.40 bits per heavy atom. The van der Waals surface area contributed by atoms with Crippen molar-refractivity contribution < 1.29 is 15.0 Å². The van der Waals surface area contributed by atoms with E-state index in [0.717, 1.165) is 34.5 Å². The van der Waals surface area contributed by atoms with Crippen molar-refractivity contribution in [1.29, 1.82) is 0 Å². The van der Waals surface area contributed by atoms with Gasteiger partial charge in [0, 0.05) is 15.3 Å². The summed E-state index contributed by atoms with van der Waals surface area (Å²) < 4.78 is 0. The highest BCUT2D eigenvalue weighted by Crippen LogP contribution is 2.49. The molecule has 0 unspecified atom stereocenters. The first-order valence-corrected chi connectivity index (χ1v) is 11.2. The van der Waals surface area contributed by atoms with Crippen molar-refractivity contribution in [2.24, 2.45) is 0 Å². The molecule has 0 saturated heterocycles. The molecule has 0 atom stereocenters. The summed E-state index contributed by atoms with van der Waals surface area (Å²) in [4.78, 5) is 19.0. The van der Waals surface area contributed by atoms with E-state index < -0.39 is 5.97 Å². The fraction of sp³-hybridized carbons (Fsp3) is 0.130. The SMILES string of the molecule is O=C(O)c1sc(-c2ccccc2)cc1Nc1nc(-c2ccc(O)cc2)c(C2CC2)s1. The number of carboxylic acids is 1. The lowest BCUT2D eigenvalue weighted by Gasteiger charge is -2.01. The number of rotatable bonds is 6. The molecule has 1 saturated carbocycles. The van der Waals surface area contributed by atoms with Gasteiger partial charge in [-0.3, -0.25) is 0 Å². The number of nitrogens with one attached hydrogen (secondary N) is 1. The van der Waals surface area contributed by atoms with Gasteiger partial charge in [0.05, 0.1) is 11.4 Å². The molecule has 2 aromatic carbocycles. The van der Waals surface area contributed by atoms with Gasteiger partial charge in [0.2, 0.25) is 0 Å². The number of aromatic hydroxyl groups is 1. The quantitative estimate of drug-likeness (QED) is 0.320. The molecule has 0 aliphatic heterocycles. The zero-order valence-electron chi connectivity index (χ0n) is 15.8. The van der Waals surface area contributed by atoms with E-state index in [1.165, 1.54) is 16.2 Å². The molecule has 0 spiro atoms. The van der Waals surface area contributed by atoms with Crippen LogP contribution in [-0.2, 0) is 0 Å². The van der Waals surface area contributed by atoms with Gasteiger partial charge in [-0.15, -0.1) is 22.7 Å². The zero-order chi connectivity index (χ0) is 20.7. The number of aromatic carboxylic acids is 1. The van der Waals surface area contributed by atoms with Gasteiger partial charge < -0.3 is 15.5 Å². The molecule has 2 heterocycles. The standard InChI is InChI=1S/C23H18N2O3S2/c26-16-10-8-14(9-11-16)19-20(15-6-7-15)30-23(25-19)24-17-12-18(29-21(17)22(27)28)13-4-2-1-3-5-13/h1-5,8-12,15,26H,6-7H2,(H,24,25)(H,27,28). The maximum Gasteiger partial charge on any atom is 0.348 e. The number of hydrogen-bond acceptors (Lipinski definition) is 6. The third-order valence-electron chi connectivity index (χ3n) is 4.97. The molecule has 3 N–H and O–H groups in total. The van der Waals surface area contributed by atoms with Crippen molar-refractivity contribution in [3.8, 4) is 27.4 Å². The van der Waals surface area contributed by atoms with Crippen LogP contribution >= 0.6 is 22.7 Å². The van der Waals surface area contributed by atoms with Gasteiger partial charge in [-0.05, 0) is 54.7 Å². The number of thiazole rings is 1. The van der Waals surface area contributed by atoms with Crippen LogP contribution in [0.2, 0.25) is 0 Å². The van der Waals surface area contributed by atoms with E-state index in [1.54, 1.807) is 23.5 Å². The van der Waals surface area contributed by atoms with E-state index in [9.17, 15) is 15.0 Å². The largest absolute Gasteiger partial charge is 0.508 e. The summed E-state index contributed by atoms with van der Waals surface area (Å²) in [6, 6.07) is 18.7. The third kappa shape index (κ3) is 3.69. The lowest BCUT2D eigenvalue weighted by Crippen LogP contribution is -1.98. The van der Waals surface area contributed by atoms with Gasteiger partial charge in [-0.2, -0.15) is 0 Å². The van der Waals surface area contributed by atoms with Crippen LogP contribution < -0.4 is 5.32 Å². The molecule has 30 heavy (non-hydrogen) atoms. The molecule has 0 radical (unpaired) electrons. The minimum atomic E-state index is -0.956. The summed E-state index contributed by atoms with van der Waals surface area (Å²) in [7, 11) is 0. The molecule has 2 aromatic heterocycles. The van der Waals surface area contributed by atoms with Gasteiger partial charge in [0.1, 0.15) is 10.6 Å². The molecule has 4 aromatic rings. The summed E-state index contributed by atoms with van der Waals surface area (Å²) in [5.74, 6) is -0.233. The lowest BCUT2D eigenvalue weighted by molar-refractivity contribution is 0.0703. The molecule has 7 heteroatoms. The Morgan fingerprint density at radius 1 is 1.00 bits per heavy atom. The number of benzene rings is 2. The average Bonchev–Trinajstić information content (AvgIpc) is 3.38. The molecular weight excluding hydrogens is 416 g/mol. The molecule has 5 rings (SSSR count). The van der Waals surface area contributed by atoms with Crippen LogP contribution in [0.25, 0.3) is 21.7 Å². The van der Waals surface area contributed by atoms with Crippen LogP contribution in [0, 0.1) is 0 Å². The van der Waals surface area contributed by atoms with Gasteiger partial charge in [0.15, 0.2) is 5.13 Å². The van der Waals surface area contributed by atoms with Crippen molar-refractivity contribution in [1.82, 2.24) is 4.98 Å². The second-order valence-corrected chi connectivity index (χ2v) is 9.29. The number of carbonyl (C=O) groups is 1. The second-order valence-electron chi connectivity index (χ2n) is 7.20. The van der Waals surface area contributed by atoms with Gasteiger partial charge in [0.25, 0.3) is 0 Å². The first-order chi connectivity index (χ1) is 14.6. The highest BCUT2D eigenvalue weighted by molar-refractivity contribution is 7.18. The van der Waals surface area contributed by atoms with Crippen molar-refractivity contribution in [2.75, 3.05) is 5.32 Å². The third-order valence-corrected chi connectivity index (χ3v) is 7.27. The number of phenols is 1. The number of thiophene rings is 1. The number of carboxylic acid groups (broad SMARTS) is 1. The fourth-order valence-corrected chi connectivity index (χ4v) is 5.46. The van der Waals surface area contributed by atoms with Crippen molar-refractivity contribution in [2.45, 2.75) is 18.8 Å². The van der Waals surface area contributed by atoms with Gasteiger partial charge >= 0.3 is 5.97 Å². The van der Waals surface area contributed by atoms with Crippen LogP contribution in [-0.4, -0.2) is 21.2 Å². The highest BCUT2D eigenvalue weighted by Gasteiger charge is 2.30. The average molecular weight is 435 g/mol. The molecule has 150 valence electrons. The smallest absolute Gasteiger partial charge is 0.348 e. The van der Waals surface area contributed by atoms with E-state index >= 15 is 0 Å².